The zero-order chi connectivity index (χ0) is 12.7. The second kappa shape index (κ2) is 4.19. The van der Waals surface area contributed by atoms with Gasteiger partial charge in [-0.05, 0) is 30.3 Å². The van der Waals surface area contributed by atoms with Crippen LogP contribution in [0.15, 0.2) is 40.8 Å². The van der Waals surface area contributed by atoms with Crippen LogP contribution >= 0.6 is 23.2 Å². The fraction of sp³-hybridized carbons (Fsp3) is 0. The maximum absolute atomic E-state index is 6.11. The number of benzene rings is 2. The Morgan fingerprint density at radius 2 is 1.89 bits per heavy atom. The Morgan fingerprint density at radius 3 is 2.72 bits per heavy atom. The minimum atomic E-state index is 0.435. The van der Waals surface area contributed by atoms with Crippen molar-refractivity contribution >= 4 is 40.0 Å². The summed E-state index contributed by atoms with van der Waals surface area (Å²) in [5.74, 6) is 0.435. The van der Waals surface area contributed by atoms with Crippen LogP contribution in [0.3, 0.4) is 0 Å². The number of nitrogens with two attached hydrogens (primary N) is 1. The topological polar surface area (TPSA) is 52.0 Å². The Balaban J connectivity index is 2.22. The molecule has 0 atom stereocenters. The molecule has 2 aromatic carbocycles. The molecule has 0 fully saturated rings. The van der Waals surface area contributed by atoms with E-state index < -0.39 is 0 Å². The van der Waals surface area contributed by atoms with E-state index in [-0.39, 0.29) is 0 Å². The van der Waals surface area contributed by atoms with Crippen LogP contribution in [-0.4, -0.2) is 4.98 Å². The summed E-state index contributed by atoms with van der Waals surface area (Å²) in [6, 6.07) is 10.4. The number of halogens is 2. The zero-order valence-electron chi connectivity index (χ0n) is 9.15. The number of anilines is 1. The average molecular weight is 279 g/mol. The number of fused-ring (bicyclic) bond motifs is 1. The molecule has 0 amide bonds. The van der Waals surface area contributed by atoms with E-state index in [4.69, 9.17) is 33.4 Å². The third-order valence-corrected chi connectivity index (χ3v) is 3.14. The van der Waals surface area contributed by atoms with Crippen molar-refractivity contribution < 1.29 is 4.42 Å². The first-order chi connectivity index (χ1) is 8.63. The molecular formula is C13H8Cl2N2O. The number of hydrogen-bond donors (Lipinski definition) is 1. The molecule has 3 aromatic rings. The van der Waals surface area contributed by atoms with Crippen molar-refractivity contribution in [2.75, 3.05) is 5.73 Å². The van der Waals surface area contributed by atoms with Gasteiger partial charge in [0.15, 0.2) is 5.58 Å². The van der Waals surface area contributed by atoms with Gasteiger partial charge in [-0.3, -0.25) is 0 Å². The normalized spacial score (nSPS) is 11.0. The number of oxazole rings is 1. The highest BCUT2D eigenvalue weighted by Gasteiger charge is 2.12. The lowest BCUT2D eigenvalue weighted by molar-refractivity contribution is 0.620. The van der Waals surface area contributed by atoms with Crippen molar-refractivity contribution in [3.63, 3.8) is 0 Å². The summed E-state index contributed by atoms with van der Waals surface area (Å²) < 4.78 is 5.64. The molecule has 0 saturated heterocycles. The van der Waals surface area contributed by atoms with Crippen molar-refractivity contribution in [3.8, 4) is 11.5 Å². The number of nitrogen functional groups attached to an aromatic ring is 1. The largest absolute Gasteiger partial charge is 0.436 e. The first-order valence-corrected chi connectivity index (χ1v) is 6.00. The van der Waals surface area contributed by atoms with Crippen LogP contribution < -0.4 is 5.73 Å². The SMILES string of the molecule is Nc1ccc(Cl)c(-c2nc3ccc(Cl)cc3o2)c1. The summed E-state index contributed by atoms with van der Waals surface area (Å²) in [6.07, 6.45) is 0. The average Bonchev–Trinajstić information content (AvgIpc) is 2.74. The second-order valence-corrected chi connectivity index (χ2v) is 4.71. The smallest absolute Gasteiger partial charge is 0.228 e. The Hall–Kier alpha value is -1.71. The van der Waals surface area contributed by atoms with E-state index in [1.54, 1.807) is 36.4 Å². The van der Waals surface area contributed by atoms with E-state index in [2.05, 4.69) is 4.98 Å². The third-order valence-electron chi connectivity index (χ3n) is 2.57. The van der Waals surface area contributed by atoms with Gasteiger partial charge in [0.1, 0.15) is 5.52 Å². The van der Waals surface area contributed by atoms with E-state index in [1.165, 1.54) is 0 Å². The van der Waals surface area contributed by atoms with Crippen LogP contribution in [0.2, 0.25) is 10.0 Å². The Morgan fingerprint density at radius 1 is 1.06 bits per heavy atom. The summed E-state index contributed by atoms with van der Waals surface area (Å²) in [5.41, 5.74) is 8.36. The van der Waals surface area contributed by atoms with E-state index in [9.17, 15) is 0 Å². The number of hydrogen-bond acceptors (Lipinski definition) is 3. The molecule has 90 valence electrons. The predicted octanol–water partition coefficient (Wildman–Crippen LogP) is 4.38. The number of rotatable bonds is 1. The molecule has 5 heteroatoms. The van der Waals surface area contributed by atoms with Gasteiger partial charge in [-0.1, -0.05) is 23.2 Å². The molecule has 3 nitrogen and oxygen atoms in total. The van der Waals surface area contributed by atoms with E-state index in [0.717, 1.165) is 5.52 Å². The molecule has 0 spiro atoms. The molecule has 0 saturated carbocycles. The Kier molecular flexibility index (Phi) is 2.65. The van der Waals surface area contributed by atoms with Crippen molar-refractivity contribution in [2.24, 2.45) is 0 Å². The van der Waals surface area contributed by atoms with Gasteiger partial charge in [0, 0.05) is 16.8 Å². The predicted molar refractivity (Wildman–Crippen MR) is 73.9 cm³/mol. The van der Waals surface area contributed by atoms with Gasteiger partial charge < -0.3 is 10.2 Å². The molecule has 0 unspecified atom stereocenters. The van der Waals surface area contributed by atoms with Gasteiger partial charge in [0.25, 0.3) is 0 Å². The van der Waals surface area contributed by atoms with Crippen LogP contribution in [0, 0.1) is 0 Å². The van der Waals surface area contributed by atoms with Gasteiger partial charge in [0.2, 0.25) is 5.89 Å². The molecule has 1 heterocycles. The van der Waals surface area contributed by atoms with Crippen LogP contribution in [0.25, 0.3) is 22.6 Å². The standard InChI is InChI=1S/C13H8Cl2N2O/c14-7-1-4-11-12(5-7)18-13(17-11)9-6-8(16)2-3-10(9)15/h1-6H,16H2. The summed E-state index contributed by atoms with van der Waals surface area (Å²) in [6.45, 7) is 0. The minimum Gasteiger partial charge on any atom is -0.436 e. The molecular weight excluding hydrogens is 271 g/mol. The molecule has 1 aromatic heterocycles. The summed E-state index contributed by atoms with van der Waals surface area (Å²) in [7, 11) is 0. The highest BCUT2D eigenvalue weighted by molar-refractivity contribution is 6.33. The van der Waals surface area contributed by atoms with E-state index in [0.29, 0.717) is 32.8 Å². The van der Waals surface area contributed by atoms with Gasteiger partial charge >= 0.3 is 0 Å². The monoisotopic (exact) mass is 278 g/mol. The van der Waals surface area contributed by atoms with Crippen molar-refractivity contribution in [1.82, 2.24) is 4.98 Å². The maximum atomic E-state index is 6.11. The fourth-order valence-electron chi connectivity index (χ4n) is 1.72. The minimum absolute atomic E-state index is 0.435. The molecule has 0 radical (unpaired) electrons. The highest BCUT2D eigenvalue weighted by Crippen LogP contribution is 2.32. The van der Waals surface area contributed by atoms with E-state index in [1.807, 2.05) is 0 Å². The Labute approximate surface area is 113 Å². The highest BCUT2D eigenvalue weighted by atomic mass is 35.5. The van der Waals surface area contributed by atoms with Crippen LogP contribution in [0.4, 0.5) is 5.69 Å². The summed E-state index contributed by atoms with van der Waals surface area (Å²) >= 11 is 12.0. The van der Waals surface area contributed by atoms with Crippen molar-refractivity contribution in [2.45, 2.75) is 0 Å². The lowest BCUT2D eigenvalue weighted by Crippen LogP contribution is -1.86. The molecule has 0 bridgehead atoms. The maximum Gasteiger partial charge on any atom is 0.228 e. The van der Waals surface area contributed by atoms with Crippen molar-refractivity contribution in [3.05, 3.63) is 46.4 Å². The van der Waals surface area contributed by atoms with Gasteiger partial charge in [-0.25, -0.2) is 4.98 Å². The lowest BCUT2D eigenvalue weighted by Gasteiger charge is -2.00. The van der Waals surface area contributed by atoms with Gasteiger partial charge in [-0.2, -0.15) is 0 Å². The van der Waals surface area contributed by atoms with Crippen molar-refractivity contribution in [1.29, 1.82) is 0 Å². The van der Waals surface area contributed by atoms with Crippen LogP contribution in [0.1, 0.15) is 0 Å². The lowest BCUT2D eigenvalue weighted by atomic mass is 10.2. The molecule has 0 aliphatic rings. The quantitative estimate of drug-likeness (QED) is 0.672. The van der Waals surface area contributed by atoms with E-state index >= 15 is 0 Å². The third kappa shape index (κ3) is 1.92. The first-order valence-electron chi connectivity index (χ1n) is 5.25. The molecule has 2 N–H and O–H groups in total. The first kappa shape index (κ1) is 11.4. The second-order valence-electron chi connectivity index (χ2n) is 3.87. The number of nitrogens with zero attached hydrogens (tertiary/aromatic N) is 1. The summed E-state index contributed by atoms with van der Waals surface area (Å²) in [4.78, 5) is 4.36. The molecule has 18 heavy (non-hydrogen) atoms. The fourth-order valence-corrected chi connectivity index (χ4v) is 2.08. The van der Waals surface area contributed by atoms with Gasteiger partial charge in [-0.15, -0.1) is 0 Å². The van der Waals surface area contributed by atoms with Crippen LogP contribution in [-0.2, 0) is 0 Å². The molecule has 0 aliphatic heterocycles. The van der Waals surface area contributed by atoms with Gasteiger partial charge in [0.05, 0.1) is 10.6 Å². The number of aromatic nitrogens is 1. The molecule has 3 rings (SSSR count). The zero-order valence-corrected chi connectivity index (χ0v) is 10.7. The Bertz CT molecular complexity index is 737. The summed E-state index contributed by atoms with van der Waals surface area (Å²) in [5, 5.41) is 1.14. The van der Waals surface area contributed by atoms with Crippen LogP contribution in [0.5, 0.6) is 0 Å². The molecule has 0 aliphatic carbocycles.